The molecule has 0 bridgehead atoms. The van der Waals surface area contributed by atoms with E-state index in [-0.39, 0.29) is 32.0 Å². The Balaban J connectivity index is 4.41. The van der Waals surface area contributed by atoms with Gasteiger partial charge in [0.1, 0.15) is 19.8 Å². The molecule has 0 saturated heterocycles. The van der Waals surface area contributed by atoms with Crippen LogP contribution in [0.25, 0.3) is 0 Å². The van der Waals surface area contributed by atoms with Gasteiger partial charge in [-0.3, -0.25) is 18.6 Å². The molecular weight excluding hydrogens is 701 g/mol. The van der Waals surface area contributed by atoms with E-state index < -0.39 is 26.5 Å². The molecule has 0 spiro atoms. The lowest BCUT2D eigenvalue weighted by molar-refractivity contribution is -0.870. The smallest absolute Gasteiger partial charge is 0.462 e. The van der Waals surface area contributed by atoms with Gasteiger partial charge in [-0.05, 0) is 51.4 Å². The van der Waals surface area contributed by atoms with E-state index in [1.165, 1.54) is 89.9 Å². The van der Waals surface area contributed by atoms with Crippen LogP contribution in [-0.2, 0) is 32.7 Å². The van der Waals surface area contributed by atoms with Crippen molar-refractivity contribution in [2.24, 2.45) is 0 Å². The average Bonchev–Trinajstić information content (AvgIpc) is 3.12. The fourth-order valence-corrected chi connectivity index (χ4v) is 6.47. The molecule has 0 aliphatic heterocycles. The maximum atomic E-state index is 12.7. The Morgan fingerprint density at radius 3 is 1.52 bits per heavy atom. The first kappa shape index (κ1) is 52.2. The lowest BCUT2D eigenvalue weighted by Gasteiger charge is -2.24. The molecule has 0 amide bonds. The number of ether oxygens (including phenoxy) is 2. The van der Waals surface area contributed by atoms with Crippen LogP contribution in [0.4, 0.5) is 0 Å². The van der Waals surface area contributed by atoms with Crippen LogP contribution in [0.2, 0.25) is 0 Å². The Morgan fingerprint density at radius 2 is 1.00 bits per heavy atom. The van der Waals surface area contributed by atoms with Crippen LogP contribution in [0.3, 0.4) is 0 Å². The summed E-state index contributed by atoms with van der Waals surface area (Å²) in [7, 11) is 1.46. The summed E-state index contributed by atoms with van der Waals surface area (Å²) in [5, 5.41) is 0. The first-order chi connectivity index (χ1) is 26.0. The molecule has 0 aliphatic carbocycles. The number of quaternary nitrogens is 1. The Labute approximate surface area is 331 Å². The molecule has 2 unspecified atom stereocenters. The number of phosphoric ester groups is 1. The van der Waals surface area contributed by atoms with E-state index in [1.54, 1.807) is 0 Å². The third-order valence-electron chi connectivity index (χ3n) is 9.17. The Bertz CT molecular complexity index is 1020. The Kier molecular flexibility index (Phi) is 35.6. The summed E-state index contributed by atoms with van der Waals surface area (Å²) >= 11 is 0. The molecule has 2 atom stereocenters. The summed E-state index contributed by atoms with van der Waals surface area (Å²) in [6.45, 7) is 4.37. The fraction of sp³-hybridized carbons (Fsp3) is 0.818. The topological polar surface area (TPSA) is 108 Å². The number of carbonyl (C=O) groups is 2. The highest BCUT2D eigenvalue weighted by Crippen LogP contribution is 2.43. The predicted molar refractivity (Wildman–Crippen MR) is 224 cm³/mol. The highest BCUT2D eigenvalue weighted by molar-refractivity contribution is 7.47. The molecule has 0 aliphatic rings. The standard InChI is InChI=1S/C44H82NO8P/c1-6-8-10-12-14-16-18-20-21-22-23-25-27-29-31-33-35-37-44(47)53-42(41-52-54(48,49)51-39-38-45(3,4)5)40-50-43(46)36-34-32-30-28-26-24-19-17-15-13-11-9-7-2/h14,16,20-21,23,25,42H,6-13,15,17-19,22,24,26-41H2,1-5H3/p+1/b16-14-,21-20-,25-23-. The van der Waals surface area contributed by atoms with Crippen molar-refractivity contribution in [3.05, 3.63) is 36.5 Å². The molecule has 54 heavy (non-hydrogen) atoms. The summed E-state index contributed by atoms with van der Waals surface area (Å²) in [5.74, 6) is -0.821. The van der Waals surface area contributed by atoms with Crippen molar-refractivity contribution in [1.82, 2.24) is 0 Å². The van der Waals surface area contributed by atoms with Crippen LogP contribution in [0, 0.1) is 0 Å². The maximum Gasteiger partial charge on any atom is 0.472 e. The number of nitrogens with zero attached hydrogens (tertiary/aromatic N) is 1. The third-order valence-corrected chi connectivity index (χ3v) is 10.2. The molecule has 0 aromatic heterocycles. The van der Waals surface area contributed by atoms with Gasteiger partial charge < -0.3 is 18.9 Å². The van der Waals surface area contributed by atoms with Crippen molar-refractivity contribution >= 4 is 19.8 Å². The molecule has 0 saturated carbocycles. The summed E-state index contributed by atoms with van der Waals surface area (Å²) in [6.07, 6.45) is 40.4. The minimum Gasteiger partial charge on any atom is -0.462 e. The number of allylic oxidation sites excluding steroid dienone is 6. The number of esters is 2. The van der Waals surface area contributed by atoms with Crippen molar-refractivity contribution in [1.29, 1.82) is 0 Å². The van der Waals surface area contributed by atoms with Gasteiger partial charge in [0.15, 0.2) is 6.10 Å². The van der Waals surface area contributed by atoms with E-state index in [1.807, 2.05) is 21.1 Å². The molecule has 0 fully saturated rings. The van der Waals surface area contributed by atoms with Gasteiger partial charge in [0.05, 0.1) is 27.7 Å². The van der Waals surface area contributed by atoms with E-state index in [9.17, 15) is 19.0 Å². The van der Waals surface area contributed by atoms with Crippen LogP contribution < -0.4 is 0 Å². The zero-order valence-electron chi connectivity index (χ0n) is 35.5. The zero-order chi connectivity index (χ0) is 40.0. The zero-order valence-corrected chi connectivity index (χ0v) is 36.3. The van der Waals surface area contributed by atoms with E-state index in [0.29, 0.717) is 17.4 Å². The normalized spacial score (nSPS) is 14.0. The molecule has 316 valence electrons. The summed E-state index contributed by atoms with van der Waals surface area (Å²) in [4.78, 5) is 35.3. The second-order valence-electron chi connectivity index (χ2n) is 15.7. The third kappa shape index (κ3) is 39.9. The van der Waals surface area contributed by atoms with Crippen molar-refractivity contribution in [2.75, 3.05) is 47.5 Å². The molecule has 9 nitrogen and oxygen atoms in total. The van der Waals surface area contributed by atoms with Crippen LogP contribution in [0.1, 0.15) is 181 Å². The summed E-state index contributed by atoms with van der Waals surface area (Å²) in [6, 6.07) is 0. The van der Waals surface area contributed by atoms with Crippen molar-refractivity contribution < 1.29 is 42.1 Å². The second-order valence-corrected chi connectivity index (χ2v) is 17.2. The second kappa shape index (κ2) is 36.8. The lowest BCUT2D eigenvalue weighted by Crippen LogP contribution is -2.37. The number of unbranched alkanes of at least 4 members (excludes halogenated alkanes) is 19. The van der Waals surface area contributed by atoms with Crippen molar-refractivity contribution in [3.63, 3.8) is 0 Å². The largest absolute Gasteiger partial charge is 0.472 e. The van der Waals surface area contributed by atoms with Crippen LogP contribution in [-0.4, -0.2) is 74.9 Å². The molecule has 0 aromatic rings. The number of hydrogen-bond donors (Lipinski definition) is 1. The molecule has 0 aromatic carbocycles. The molecule has 1 N–H and O–H groups in total. The minimum atomic E-state index is -4.38. The van der Waals surface area contributed by atoms with Gasteiger partial charge in [0.2, 0.25) is 0 Å². The number of carbonyl (C=O) groups excluding carboxylic acids is 2. The summed E-state index contributed by atoms with van der Waals surface area (Å²) < 4.78 is 34.3. The number of likely N-dealkylation sites (N-methyl/N-ethyl adjacent to an activating group) is 1. The number of hydrogen-bond acceptors (Lipinski definition) is 7. The van der Waals surface area contributed by atoms with E-state index in [4.69, 9.17) is 18.5 Å². The average molecular weight is 785 g/mol. The number of phosphoric acid groups is 1. The molecule has 10 heteroatoms. The maximum absolute atomic E-state index is 12.7. The Morgan fingerprint density at radius 1 is 0.574 bits per heavy atom. The van der Waals surface area contributed by atoms with Gasteiger partial charge in [0.25, 0.3) is 0 Å². The highest BCUT2D eigenvalue weighted by Gasteiger charge is 2.27. The minimum absolute atomic E-state index is 0.0276. The van der Waals surface area contributed by atoms with E-state index >= 15 is 0 Å². The lowest BCUT2D eigenvalue weighted by atomic mass is 10.0. The van der Waals surface area contributed by atoms with Gasteiger partial charge in [0, 0.05) is 12.8 Å². The highest BCUT2D eigenvalue weighted by atomic mass is 31.2. The van der Waals surface area contributed by atoms with Crippen LogP contribution in [0.15, 0.2) is 36.5 Å². The van der Waals surface area contributed by atoms with Crippen LogP contribution in [0.5, 0.6) is 0 Å². The predicted octanol–water partition coefficient (Wildman–Crippen LogP) is 12.1. The quantitative estimate of drug-likeness (QED) is 0.0216. The molecular formula is C44H83NO8P+. The SMILES string of the molecule is CCCCC/C=C\C/C=C\C/C=C\CCCCCCC(=O)OC(COC(=O)CCCCCCCCCCCCCCC)COP(=O)(O)OCC[N+](C)(C)C. The molecule has 0 radical (unpaired) electrons. The van der Waals surface area contributed by atoms with E-state index in [2.05, 4.69) is 50.3 Å². The first-order valence-corrected chi connectivity index (χ1v) is 23.2. The molecule has 0 heterocycles. The van der Waals surface area contributed by atoms with Gasteiger partial charge in [-0.2, -0.15) is 0 Å². The number of rotatable bonds is 39. The van der Waals surface area contributed by atoms with Gasteiger partial charge in [-0.25, -0.2) is 4.57 Å². The summed E-state index contributed by atoms with van der Waals surface area (Å²) in [5.41, 5.74) is 0. The van der Waals surface area contributed by atoms with Gasteiger partial charge >= 0.3 is 19.8 Å². The Hall–Kier alpha value is -1.77. The van der Waals surface area contributed by atoms with Gasteiger partial charge in [-0.15, -0.1) is 0 Å². The van der Waals surface area contributed by atoms with Crippen LogP contribution >= 0.6 is 7.82 Å². The van der Waals surface area contributed by atoms with Gasteiger partial charge in [-0.1, -0.05) is 153 Å². The van der Waals surface area contributed by atoms with E-state index in [0.717, 1.165) is 57.8 Å². The van der Waals surface area contributed by atoms with Crippen molar-refractivity contribution in [3.8, 4) is 0 Å². The first-order valence-electron chi connectivity index (χ1n) is 21.7. The van der Waals surface area contributed by atoms with Crippen molar-refractivity contribution in [2.45, 2.75) is 187 Å². The monoisotopic (exact) mass is 785 g/mol. The fourth-order valence-electron chi connectivity index (χ4n) is 5.73. The molecule has 0 rings (SSSR count).